The fraction of sp³-hybridized carbons (Fsp3) is 0.600. The van der Waals surface area contributed by atoms with Gasteiger partial charge in [0.05, 0.1) is 5.56 Å². The topological polar surface area (TPSA) is 65.5 Å². The maximum atomic E-state index is 11.1. The number of anilines is 1. The molecule has 0 radical (unpaired) electrons. The summed E-state index contributed by atoms with van der Waals surface area (Å²) in [5, 5.41) is 12.3. The smallest absolute Gasteiger partial charge is 0.335 e. The number of hydrogen-bond donors (Lipinski definition) is 2. The quantitative estimate of drug-likeness (QED) is 0.716. The highest BCUT2D eigenvalue weighted by atomic mass is 16.4. The summed E-state index contributed by atoms with van der Waals surface area (Å²) >= 11 is 0. The number of rotatable bonds is 8. The second-order valence-electron chi connectivity index (χ2n) is 5.56. The van der Waals surface area contributed by atoms with Gasteiger partial charge in [-0.05, 0) is 51.5 Å². The van der Waals surface area contributed by atoms with E-state index in [-0.39, 0.29) is 5.92 Å². The molecule has 0 aliphatic heterocycles. The van der Waals surface area contributed by atoms with Gasteiger partial charge in [-0.25, -0.2) is 9.78 Å². The minimum absolute atomic E-state index is 0.212. The van der Waals surface area contributed by atoms with Crippen molar-refractivity contribution in [1.29, 1.82) is 0 Å². The summed E-state index contributed by atoms with van der Waals surface area (Å²) in [6.07, 6.45) is 2.14. The minimum atomic E-state index is -0.912. The van der Waals surface area contributed by atoms with Gasteiger partial charge < -0.3 is 15.3 Å². The Bertz CT molecular complexity index is 445. The van der Waals surface area contributed by atoms with Crippen LogP contribution in [0.15, 0.2) is 12.1 Å². The van der Waals surface area contributed by atoms with Crippen LogP contribution in [0.25, 0.3) is 0 Å². The molecular formula is C15H25N3O2. The van der Waals surface area contributed by atoms with Gasteiger partial charge in [0.15, 0.2) is 0 Å². The van der Waals surface area contributed by atoms with Crippen LogP contribution in [0.3, 0.4) is 0 Å². The van der Waals surface area contributed by atoms with Crippen LogP contribution in [0, 0.1) is 0 Å². The number of aromatic carboxylic acids is 1. The molecule has 5 heteroatoms. The number of aromatic nitrogens is 1. The summed E-state index contributed by atoms with van der Waals surface area (Å²) in [4.78, 5) is 17.7. The van der Waals surface area contributed by atoms with Crippen LogP contribution in [0.2, 0.25) is 0 Å². The van der Waals surface area contributed by atoms with Crippen molar-refractivity contribution in [3.05, 3.63) is 23.4 Å². The summed E-state index contributed by atoms with van der Waals surface area (Å²) in [6, 6.07) is 3.24. The Kier molecular flexibility index (Phi) is 6.45. The van der Waals surface area contributed by atoms with E-state index in [2.05, 4.69) is 29.3 Å². The van der Waals surface area contributed by atoms with Gasteiger partial charge in [-0.15, -0.1) is 0 Å². The summed E-state index contributed by atoms with van der Waals surface area (Å²) in [5.41, 5.74) is 1.10. The van der Waals surface area contributed by atoms with Gasteiger partial charge in [-0.1, -0.05) is 13.8 Å². The molecule has 1 rings (SSSR count). The van der Waals surface area contributed by atoms with Gasteiger partial charge in [0.25, 0.3) is 0 Å². The van der Waals surface area contributed by atoms with Crippen molar-refractivity contribution in [2.45, 2.75) is 32.6 Å². The van der Waals surface area contributed by atoms with Crippen LogP contribution >= 0.6 is 0 Å². The molecule has 0 fully saturated rings. The Morgan fingerprint density at radius 2 is 2.05 bits per heavy atom. The van der Waals surface area contributed by atoms with E-state index < -0.39 is 5.97 Å². The van der Waals surface area contributed by atoms with E-state index in [1.165, 1.54) is 0 Å². The second-order valence-corrected chi connectivity index (χ2v) is 5.56. The SMILES string of the molecule is CC(C)c1cc(C(=O)O)cc(NCCCCN(C)C)n1. The maximum absolute atomic E-state index is 11.1. The fourth-order valence-corrected chi connectivity index (χ4v) is 1.83. The van der Waals surface area contributed by atoms with Gasteiger partial charge in [0.2, 0.25) is 0 Å². The van der Waals surface area contributed by atoms with E-state index in [4.69, 9.17) is 5.11 Å². The van der Waals surface area contributed by atoms with Crippen molar-refractivity contribution < 1.29 is 9.90 Å². The zero-order valence-corrected chi connectivity index (χ0v) is 12.8. The van der Waals surface area contributed by atoms with Crippen LogP contribution in [-0.4, -0.2) is 48.1 Å². The fourth-order valence-electron chi connectivity index (χ4n) is 1.83. The van der Waals surface area contributed by atoms with E-state index in [1.54, 1.807) is 12.1 Å². The predicted molar refractivity (Wildman–Crippen MR) is 81.6 cm³/mol. The average Bonchev–Trinajstić information content (AvgIpc) is 2.37. The molecule has 0 aromatic carbocycles. The van der Waals surface area contributed by atoms with E-state index in [0.29, 0.717) is 11.4 Å². The Morgan fingerprint density at radius 1 is 1.35 bits per heavy atom. The van der Waals surface area contributed by atoms with Gasteiger partial charge in [0, 0.05) is 12.2 Å². The molecule has 0 atom stereocenters. The zero-order chi connectivity index (χ0) is 15.1. The Morgan fingerprint density at radius 3 is 2.60 bits per heavy atom. The monoisotopic (exact) mass is 279 g/mol. The Hall–Kier alpha value is -1.62. The highest BCUT2D eigenvalue weighted by Gasteiger charge is 2.10. The molecule has 20 heavy (non-hydrogen) atoms. The van der Waals surface area contributed by atoms with E-state index in [1.807, 2.05) is 13.8 Å². The number of pyridine rings is 1. The molecule has 112 valence electrons. The van der Waals surface area contributed by atoms with Gasteiger partial charge >= 0.3 is 5.97 Å². The number of carbonyl (C=O) groups is 1. The van der Waals surface area contributed by atoms with Crippen molar-refractivity contribution in [3.63, 3.8) is 0 Å². The minimum Gasteiger partial charge on any atom is -0.478 e. The van der Waals surface area contributed by atoms with Crippen LogP contribution < -0.4 is 5.32 Å². The Balaban J connectivity index is 2.62. The molecule has 0 bridgehead atoms. The van der Waals surface area contributed by atoms with Gasteiger partial charge in [-0.2, -0.15) is 0 Å². The lowest BCUT2D eigenvalue weighted by atomic mass is 10.1. The first-order valence-corrected chi connectivity index (χ1v) is 7.04. The zero-order valence-electron chi connectivity index (χ0n) is 12.8. The second kappa shape index (κ2) is 7.85. The standard InChI is InChI=1S/C15H25N3O2/c1-11(2)13-9-12(15(19)20)10-14(17-13)16-7-5-6-8-18(3)4/h9-11H,5-8H2,1-4H3,(H,16,17)(H,19,20). The number of nitrogens with zero attached hydrogens (tertiary/aromatic N) is 2. The lowest BCUT2D eigenvalue weighted by Gasteiger charge is -2.12. The molecule has 1 aromatic rings. The highest BCUT2D eigenvalue weighted by molar-refractivity contribution is 5.88. The van der Waals surface area contributed by atoms with Gasteiger partial charge in [0.1, 0.15) is 5.82 Å². The van der Waals surface area contributed by atoms with Crippen molar-refractivity contribution in [2.75, 3.05) is 32.5 Å². The summed E-state index contributed by atoms with van der Waals surface area (Å²) < 4.78 is 0. The molecule has 1 heterocycles. The normalized spacial score (nSPS) is 11.1. The predicted octanol–water partition coefficient (Wildman–Crippen LogP) is 2.66. The number of carboxylic acids is 1. The highest BCUT2D eigenvalue weighted by Crippen LogP contribution is 2.17. The lowest BCUT2D eigenvalue weighted by Crippen LogP contribution is -2.14. The van der Waals surface area contributed by atoms with E-state index in [9.17, 15) is 4.79 Å². The van der Waals surface area contributed by atoms with Crippen LogP contribution in [0.1, 0.15) is 48.7 Å². The molecule has 0 amide bonds. The molecule has 2 N–H and O–H groups in total. The molecule has 0 saturated heterocycles. The summed E-state index contributed by atoms with van der Waals surface area (Å²) in [7, 11) is 4.11. The number of nitrogens with one attached hydrogen (secondary N) is 1. The first-order chi connectivity index (χ1) is 9.40. The lowest BCUT2D eigenvalue weighted by molar-refractivity contribution is 0.0696. The molecule has 0 aliphatic carbocycles. The third kappa shape index (κ3) is 5.57. The van der Waals surface area contributed by atoms with Crippen molar-refractivity contribution >= 4 is 11.8 Å². The Labute approximate surface area is 121 Å². The maximum Gasteiger partial charge on any atom is 0.335 e. The molecular weight excluding hydrogens is 254 g/mol. The van der Waals surface area contributed by atoms with Crippen LogP contribution in [0.4, 0.5) is 5.82 Å². The molecule has 0 aliphatic rings. The van der Waals surface area contributed by atoms with Crippen LogP contribution in [0.5, 0.6) is 0 Å². The first-order valence-electron chi connectivity index (χ1n) is 7.04. The summed E-state index contributed by atoms with van der Waals surface area (Å²) in [6.45, 7) is 5.88. The molecule has 5 nitrogen and oxygen atoms in total. The van der Waals surface area contributed by atoms with Crippen molar-refractivity contribution in [2.24, 2.45) is 0 Å². The van der Waals surface area contributed by atoms with Crippen molar-refractivity contribution in [3.8, 4) is 0 Å². The van der Waals surface area contributed by atoms with Crippen LogP contribution in [-0.2, 0) is 0 Å². The number of hydrogen-bond acceptors (Lipinski definition) is 4. The largest absolute Gasteiger partial charge is 0.478 e. The number of unbranched alkanes of at least 4 members (excludes halogenated alkanes) is 1. The molecule has 0 saturated carbocycles. The number of carboxylic acid groups (broad SMARTS) is 1. The third-order valence-corrected chi connectivity index (χ3v) is 3.02. The average molecular weight is 279 g/mol. The molecule has 0 unspecified atom stereocenters. The third-order valence-electron chi connectivity index (χ3n) is 3.02. The van der Waals surface area contributed by atoms with E-state index >= 15 is 0 Å². The van der Waals surface area contributed by atoms with Gasteiger partial charge in [-0.3, -0.25) is 0 Å². The molecule has 0 spiro atoms. The molecule has 1 aromatic heterocycles. The first kappa shape index (κ1) is 16.4. The summed E-state index contributed by atoms with van der Waals surface area (Å²) in [5.74, 6) is -0.0491. The van der Waals surface area contributed by atoms with Crippen molar-refractivity contribution in [1.82, 2.24) is 9.88 Å². The van der Waals surface area contributed by atoms with E-state index in [0.717, 1.165) is 31.6 Å².